The van der Waals surface area contributed by atoms with Crippen LogP contribution in [0.4, 0.5) is 5.82 Å². The van der Waals surface area contributed by atoms with Crippen LogP contribution in [-0.2, 0) is 0 Å². The highest BCUT2D eigenvalue weighted by atomic mass is 35.5. The van der Waals surface area contributed by atoms with Gasteiger partial charge in [-0.1, -0.05) is 17.7 Å². The van der Waals surface area contributed by atoms with Crippen molar-refractivity contribution in [2.75, 3.05) is 5.73 Å². The topological polar surface area (TPSA) is 64.7 Å². The maximum absolute atomic E-state index is 5.90. The van der Waals surface area contributed by atoms with Crippen LogP contribution in [0.25, 0.3) is 21.9 Å². The van der Waals surface area contributed by atoms with Crippen molar-refractivity contribution >= 4 is 39.4 Å². The molecule has 0 unspecified atom stereocenters. The van der Waals surface area contributed by atoms with Gasteiger partial charge in [0, 0.05) is 10.4 Å². The molecule has 3 aromatic rings. The summed E-state index contributed by atoms with van der Waals surface area (Å²) in [6.45, 7) is 0. The van der Waals surface area contributed by atoms with E-state index < -0.39 is 0 Å². The van der Waals surface area contributed by atoms with Crippen LogP contribution in [0.2, 0.25) is 5.02 Å². The Balaban J connectivity index is 2.49. The monoisotopic (exact) mass is 230 g/mol. The zero-order valence-electron chi connectivity index (χ0n) is 8.18. The second-order valence-corrected chi connectivity index (χ2v) is 3.89. The Morgan fingerprint density at radius 1 is 1.12 bits per heavy atom. The summed E-state index contributed by atoms with van der Waals surface area (Å²) < 4.78 is 0. The van der Waals surface area contributed by atoms with E-state index in [-0.39, 0.29) is 0 Å². The molecular formula is C11H7ClN4. The SMILES string of the molecule is Nc1ncnc2nc3cc(Cl)ccc3cc12. The molecule has 0 saturated carbocycles. The molecule has 1 aromatic carbocycles. The van der Waals surface area contributed by atoms with Crippen molar-refractivity contribution in [3.8, 4) is 0 Å². The zero-order chi connectivity index (χ0) is 11.1. The van der Waals surface area contributed by atoms with Gasteiger partial charge in [-0.3, -0.25) is 0 Å². The molecule has 3 rings (SSSR count). The van der Waals surface area contributed by atoms with E-state index in [1.807, 2.05) is 18.2 Å². The molecule has 2 N–H and O–H groups in total. The quantitative estimate of drug-likeness (QED) is 0.603. The number of hydrogen-bond acceptors (Lipinski definition) is 4. The number of nitrogen functional groups attached to an aromatic ring is 1. The fourth-order valence-electron chi connectivity index (χ4n) is 1.63. The summed E-state index contributed by atoms with van der Waals surface area (Å²) in [7, 11) is 0. The Bertz CT molecular complexity index is 695. The first-order valence-electron chi connectivity index (χ1n) is 4.70. The molecule has 2 aromatic heterocycles. The van der Waals surface area contributed by atoms with Gasteiger partial charge in [0.1, 0.15) is 12.1 Å². The summed E-state index contributed by atoms with van der Waals surface area (Å²) in [4.78, 5) is 12.4. The van der Waals surface area contributed by atoms with E-state index in [0.29, 0.717) is 16.5 Å². The van der Waals surface area contributed by atoms with Gasteiger partial charge >= 0.3 is 0 Å². The number of nitrogens with two attached hydrogens (primary N) is 1. The smallest absolute Gasteiger partial charge is 0.165 e. The number of nitrogens with zero attached hydrogens (tertiary/aromatic N) is 3. The third kappa shape index (κ3) is 1.35. The van der Waals surface area contributed by atoms with E-state index in [4.69, 9.17) is 17.3 Å². The van der Waals surface area contributed by atoms with Crippen LogP contribution < -0.4 is 5.73 Å². The van der Waals surface area contributed by atoms with Gasteiger partial charge in [0.15, 0.2) is 5.65 Å². The molecule has 0 radical (unpaired) electrons. The summed E-state index contributed by atoms with van der Waals surface area (Å²) >= 11 is 5.90. The van der Waals surface area contributed by atoms with E-state index in [1.54, 1.807) is 6.07 Å². The van der Waals surface area contributed by atoms with Crippen molar-refractivity contribution < 1.29 is 0 Å². The average Bonchev–Trinajstić information content (AvgIpc) is 2.27. The number of fused-ring (bicyclic) bond motifs is 2. The van der Waals surface area contributed by atoms with Gasteiger partial charge < -0.3 is 5.73 Å². The number of rotatable bonds is 0. The van der Waals surface area contributed by atoms with Crippen LogP contribution >= 0.6 is 11.6 Å². The third-order valence-corrected chi connectivity index (χ3v) is 2.65. The third-order valence-electron chi connectivity index (χ3n) is 2.41. The molecule has 0 saturated heterocycles. The molecular weight excluding hydrogens is 224 g/mol. The second-order valence-electron chi connectivity index (χ2n) is 3.46. The van der Waals surface area contributed by atoms with Gasteiger partial charge in [-0.2, -0.15) is 0 Å². The average molecular weight is 231 g/mol. The maximum atomic E-state index is 5.90. The molecule has 0 spiro atoms. The first-order valence-corrected chi connectivity index (χ1v) is 5.08. The van der Waals surface area contributed by atoms with Crippen LogP contribution in [0.1, 0.15) is 0 Å². The number of hydrogen-bond donors (Lipinski definition) is 1. The summed E-state index contributed by atoms with van der Waals surface area (Å²) in [5.41, 5.74) is 7.15. The van der Waals surface area contributed by atoms with Gasteiger partial charge in [0.2, 0.25) is 0 Å². The molecule has 0 aliphatic carbocycles. The summed E-state index contributed by atoms with van der Waals surface area (Å²) in [6.07, 6.45) is 1.40. The molecule has 5 heteroatoms. The lowest BCUT2D eigenvalue weighted by Gasteiger charge is -2.02. The van der Waals surface area contributed by atoms with Gasteiger partial charge in [0.05, 0.1) is 10.9 Å². The second kappa shape index (κ2) is 3.28. The van der Waals surface area contributed by atoms with Crippen molar-refractivity contribution in [1.82, 2.24) is 15.0 Å². The Morgan fingerprint density at radius 3 is 2.88 bits per heavy atom. The van der Waals surface area contributed by atoms with E-state index in [9.17, 15) is 0 Å². The van der Waals surface area contributed by atoms with Crippen molar-refractivity contribution in [1.29, 1.82) is 0 Å². The highest BCUT2D eigenvalue weighted by Crippen LogP contribution is 2.23. The summed E-state index contributed by atoms with van der Waals surface area (Å²) in [5.74, 6) is 0.439. The van der Waals surface area contributed by atoms with Gasteiger partial charge in [-0.05, 0) is 18.2 Å². The number of benzene rings is 1. The molecule has 16 heavy (non-hydrogen) atoms. The molecule has 0 atom stereocenters. The largest absolute Gasteiger partial charge is 0.383 e. The maximum Gasteiger partial charge on any atom is 0.165 e. The standard InChI is InChI=1S/C11H7ClN4/c12-7-2-1-6-3-8-10(13)14-5-15-11(8)16-9(6)4-7/h1-5H,(H2,13,14,15,16). The van der Waals surface area contributed by atoms with Crippen LogP contribution in [-0.4, -0.2) is 15.0 Å². The van der Waals surface area contributed by atoms with Crippen LogP contribution in [0.5, 0.6) is 0 Å². The highest BCUT2D eigenvalue weighted by molar-refractivity contribution is 6.31. The van der Waals surface area contributed by atoms with Gasteiger partial charge in [-0.25, -0.2) is 15.0 Å². The molecule has 0 aliphatic heterocycles. The van der Waals surface area contributed by atoms with Crippen LogP contribution in [0.15, 0.2) is 30.6 Å². The lowest BCUT2D eigenvalue weighted by Crippen LogP contribution is -1.95. The summed E-state index contributed by atoms with van der Waals surface area (Å²) in [6, 6.07) is 7.44. The molecule has 0 bridgehead atoms. The Morgan fingerprint density at radius 2 is 2.00 bits per heavy atom. The molecule has 4 nitrogen and oxygen atoms in total. The van der Waals surface area contributed by atoms with Crippen LogP contribution in [0, 0.1) is 0 Å². The molecule has 0 aliphatic rings. The first-order chi connectivity index (χ1) is 7.74. The number of pyridine rings is 1. The molecule has 2 heterocycles. The lowest BCUT2D eigenvalue weighted by atomic mass is 10.2. The minimum atomic E-state index is 0.439. The van der Waals surface area contributed by atoms with E-state index in [2.05, 4.69) is 15.0 Å². The van der Waals surface area contributed by atoms with Crippen molar-refractivity contribution in [2.24, 2.45) is 0 Å². The fraction of sp³-hybridized carbons (Fsp3) is 0. The highest BCUT2D eigenvalue weighted by Gasteiger charge is 2.04. The minimum absolute atomic E-state index is 0.439. The summed E-state index contributed by atoms with van der Waals surface area (Å²) in [5, 5.41) is 2.39. The van der Waals surface area contributed by atoms with Gasteiger partial charge in [0.25, 0.3) is 0 Å². The minimum Gasteiger partial charge on any atom is -0.383 e. The van der Waals surface area contributed by atoms with Crippen LogP contribution in [0.3, 0.4) is 0 Å². The molecule has 0 fully saturated rings. The van der Waals surface area contributed by atoms with Crippen molar-refractivity contribution in [3.05, 3.63) is 35.6 Å². The number of anilines is 1. The molecule has 0 amide bonds. The van der Waals surface area contributed by atoms with Crippen molar-refractivity contribution in [2.45, 2.75) is 0 Å². The predicted molar refractivity (Wildman–Crippen MR) is 64.3 cm³/mol. The first kappa shape index (κ1) is 9.30. The Kier molecular flexibility index (Phi) is 1.91. The lowest BCUT2D eigenvalue weighted by molar-refractivity contribution is 1.20. The number of halogens is 1. The molecule has 78 valence electrons. The van der Waals surface area contributed by atoms with E-state index in [0.717, 1.165) is 16.3 Å². The van der Waals surface area contributed by atoms with Crippen molar-refractivity contribution in [3.63, 3.8) is 0 Å². The Hall–Kier alpha value is -1.94. The van der Waals surface area contributed by atoms with E-state index >= 15 is 0 Å². The Labute approximate surface area is 96.1 Å². The fourth-order valence-corrected chi connectivity index (χ4v) is 1.80. The zero-order valence-corrected chi connectivity index (χ0v) is 8.94. The normalized spacial score (nSPS) is 11.1. The number of aromatic nitrogens is 3. The predicted octanol–water partition coefficient (Wildman–Crippen LogP) is 2.41. The van der Waals surface area contributed by atoms with Gasteiger partial charge in [-0.15, -0.1) is 0 Å². The van der Waals surface area contributed by atoms with E-state index in [1.165, 1.54) is 6.33 Å².